The maximum Gasteiger partial charge on any atom is 0.435 e. The van der Waals surface area contributed by atoms with Gasteiger partial charge in [0.25, 0.3) is 5.67 Å². The van der Waals surface area contributed by atoms with Crippen LogP contribution in [0.2, 0.25) is 0 Å². The Labute approximate surface area is 300 Å². The lowest BCUT2D eigenvalue weighted by atomic mass is 9.73. The molecular weight excluding hydrogens is 673 g/mol. The molecule has 3 saturated heterocycles. The number of carbonyl (C=O) groups excluding carboxylic acids is 3. The summed E-state index contributed by atoms with van der Waals surface area (Å²) >= 11 is 0. The number of amides is 1. The largest absolute Gasteiger partial charge is 0.456 e. The third-order valence-electron chi connectivity index (χ3n) is 10.6. The summed E-state index contributed by atoms with van der Waals surface area (Å²) in [7, 11) is 4.92. The zero-order valence-corrected chi connectivity index (χ0v) is 32.4. The van der Waals surface area contributed by atoms with Crippen LogP contribution in [-0.4, -0.2) is 144 Å². The molecule has 1 amide bonds. The fourth-order valence-corrected chi connectivity index (χ4v) is 7.70. The van der Waals surface area contributed by atoms with Crippen LogP contribution in [0.3, 0.4) is 0 Å². The number of cyclic esters (lactones) is 1. The number of likely N-dealkylation sites (N-methyl/N-ethyl adjacent to an activating group) is 1. The van der Waals surface area contributed by atoms with Gasteiger partial charge in [-0.1, -0.05) is 25.9 Å². The van der Waals surface area contributed by atoms with Gasteiger partial charge in [0, 0.05) is 23.8 Å². The van der Waals surface area contributed by atoms with Gasteiger partial charge >= 0.3 is 12.1 Å². The normalized spacial score (nSPS) is 43.0. The van der Waals surface area contributed by atoms with E-state index in [4.69, 9.17) is 33.4 Å². The average Bonchev–Trinajstić information content (AvgIpc) is 3.32. The van der Waals surface area contributed by atoms with Gasteiger partial charge in [0.15, 0.2) is 17.7 Å². The molecule has 0 spiro atoms. The second-order valence-electron chi connectivity index (χ2n) is 15.1. The first-order chi connectivity index (χ1) is 23.6. The van der Waals surface area contributed by atoms with E-state index in [1.807, 2.05) is 32.8 Å². The second-order valence-corrected chi connectivity index (χ2v) is 15.1. The topological polar surface area (TPSA) is 175 Å². The summed E-state index contributed by atoms with van der Waals surface area (Å²) in [6, 6.07) is -1.36. The summed E-state index contributed by atoms with van der Waals surface area (Å²) in [5.41, 5.74) is -5.89. The molecule has 3 aliphatic rings. The molecule has 0 aromatic rings. The van der Waals surface area contributed by atoms with Crippen LogP contribution in [-0.2, 0) is 42.9 Å². The van der Waals surface area contributed by atoms with E-state index in [-0.39, 0.29) is 31.8 Å². The highest BCUT2D eigenvalue weighted by Gasteiger charge is 2.62. The van der Waals surface area contributed by atoms with E-state index in [1.54, 1.807) is 20.8 Å². The summed E-state index contributed by atoms with van der Waals surface area (Å²) in [5, 5.41) is 27.3. The minimum absolute atomic E-state index is 0.0436. The highest BCUT2D eigenvalue weighted by atomic mass is 19.1. The van der Waals surface area contributed by atoms with Crippen molar-refractivity contribution in [3.8, 4) is 0 Å². The van der Waals surface area contributed by atoms with E-state index in [0.717, 1.165) is 12.0 Å². The van der Waals surface area contributed by atoms with Gasteiger partial charge in [-0.3, -0.25) is 9.63 Å². The summed E-state index contributed by atoms with van der Waals surface area (Å²) in [6.45, 7) is 15.6. The maximum atomic E-state index is 16.7. The van der Waals surface area contributed by atoms with Crippen molar-refractivity contribution in [3.05, 3.63) is 0 Å². The Bertz CT molecular complexity index is 1270. The van der Waals surface area contributed by atoms with Crippen LogP contribution in [0, 0.1) is 17.8 Å². The standard InChI is InChI=1S/C35H60FN3O12/c1-14-47-37-25-18(2)16-33(8,46-17-19(3)40)29(50-30-26(41)24(38(11)12)15-20(4)48-30)22(6)28(42)34(9,36)31(43)49-23(7)35(10)27(21(25)5)39(45-13)32(44)51-35/h18-24,26-27,29-30,40-41H,14-17H2,1-13H3/b37-25+/t18-,19?,20-,21+,22+,23-,24+,26-,27-,29-,30+,33+,34+,35-/m1/s1. The Hall–Kier alpha value is -2.47. The van der Waals surface area contributed by atoms with Crippen LogP contribution in [0.4, 0.5) is 9.18 Å². The molecule has 2 N–H and O–H groups in total. The Balaban J connectivity index is 2.29. The minimum atomic E-state index is -3.20. The molecule has 3 fully saturated rings. The van der Waals surface area contributed by atoms with E-state index in [1.165, 1.54) is 34.8 Å². The van der Waals surface area contributed by atoms with Crippen molar-refractivity contribution in [1.82, 2.24) is 9.96 Å². The first-order valence-electron chi connectivity index (χ1n) is 17.7. The van der Waals surface area contributed by atoms with Gasteiger partial charge in [-0.15, -0.1) is 0 Å². The number of aliphatic hydroxyl groups excluding tert-OH is 2. The molecule has 3 rings (SSSR count). The molecule has 14 atom stereocenters. The van der Waals surface area contributed by atoms with Crippen LogP contribution >= 0.6 is 0 Å². The molecule has 51 heavy (non-hydrogen) atoms. The van der Waals surface area contributed by atoms with Crippen molar-refractivity contribution < 1.29 is 62.3 Å². The molecule has 0 radical (unpaired) electrons. The monoisotopic (exact) mass is 733 g/mol. The molecular formula is C35H60FN3O12. The summed E-state index contributed by atoms with van der Waals surface area (Å²) < 4.78 is 47.1. The summed E-state index contributed by atoms with van der Waals surface area (Å²) in [6.07, 6.45) is -6.74. The number of aliphatic hydroxyl groups is 2. The fraction of sp³-hybridized carbons (Fsp3) is 0.886. The summed E-state index contributed by atoms with van der Waals surface area (Å²) in [5.74, 6) is -5.32. The van der Waals surface area contributed by atoms with E-state index < -0.39 is 89.2 Å². The van der Waals surface area contributed by atoms with Crippen molar-refractivity contribution in [1.29, 1.82) is 0 Å². The highest BCUT2D eigenvalue weighted by Crippen LogP contribution is 2.43. The Morgan fingerprint density at radius 3 is 2.27 bits per heavy atom. The van der Waals surface area contributed by atoms with Gasteiger partial charge in [0.05, 0.1) is 43.3 Å². The molecule has 15 nitrogen and oxygen atoms in total. The van der Waals surface area contributed by atoms with E-state index >= 15 is 4.39 Å². The number of esters is 1. The zero-order chi connectivity index (χ0) is 38.8. The number of Topliss-reactive ketones (excluding diaryl/α,β-unsaturated/α-hetero) is 1. The number of carbonyl (C=O) groups is 3. The van der Waals surface area contributed by atoms with Crippen LogP contribution in [0.1, 0.15) is 82.1 Å². The van der Waals surface area contributed by atoms with Crippen molar-refractivity contribution in [3.63, 3.8) is 0 Å². The van der Waals surface area contributed by atoms with Gasteiger partial charge < -0.3 is 43.6 Å². The number of ketones is 1. The number of halogens is 1. The quantitative estimate of drug-likeness (QED) is 0.201. The number of oxime groups is 1. The lowest BCUT2D eigenvalue weighted by Gasteiger charge is -2.48. The summed E-state index contributed by atoms with van der Waals surface area (Å²) in [4.78, 5) is 53.9. The van der Waals surface area contributed by atoms with Crippen LogP contribution < -0.4 is 0 Å². The first-order valence-corrected chi connectivity index (χ1v) is 17.7. The van der Waals surface area contributed by atoms with Gasteiger partial charge in [-0.05, 0) is 75.4 Å². The molecule has 294 valence electrons. The Morgan fingerprint density at radius 2 is 1.73 bits per heavy atom. The number of ether oxygens (including phenoxy) is 5. The van der Waals surface area contributed by atoms with Crippen molar-refractivity contribution in [2.24, 2.45) is 22.9 Å². The third kappa shape index (κ3) is 8.85. The number of fused-ring (bicyclic) bond motifs is 1. The van der Waals surface area contributed by atoms with Crippen LogP contribution in [0.15, 0.2) is 5.16 Å². The predicted octanol–water partition coefficient (Wildman–Crippen LogP) is 3.03. The maximum absolute atomic E-state index is 16.7. The van der Waals surface area contributed by atoms with E-state index in [0.29, 0.717) is 12.1 Å². The number of hydroxylamine groups is 2. The molecule has 1 unspecified atom stereocenters. The highest BCUT2D eigenvalue weighted by molar-refractivity contribution is 6.08. The Kier molecular flexibility index (Phi) is 14.0. The average molecular weight is 734 g/mol. The first kappa shape index (κ1) is 42.9. The predicted molar refractivity (Wildman–Crippen MR) is 182 cm³/mol. The molecule has 0 bridgehead atoms. The molecule has 0 aromatic heterocycles. The number of nitrogens with zero attached hydrogens (tertiary/aromatic N) is 3. The number of hydrogen-bond donors (Lipinski definition) is 2. The molecule has 0 saturated carbocycles. The SMILES string of the molecule is CCO/N=C1\[C@H](C)C[C@](C)(OCC(C)O)[C@H](O[C@@H]2O[C@H](C)C[C@H](N(C)C)[C@H]2O)[C@@H](C)C(=O)[C@](C)(F)C(=O)O[C@H](C)[C@@]2(C)OC(=O)N(OC)[C@@H]2[C@H]1C. The number of hydrogen-bond acceptors (Lipinski definition) is 14. The fourth-order valence-electron chi connectivity index (χ4n) is 7.70. The van der Waals surface area contributed by atoms with E-state index in [2.05, 4.69) is 5.16 Å². The molecule has 16 heteroatoms. The molecule has 0 aromatic carbocycles. The second kappa shape index (κ2) is 16.7. The Morgan fingerprint density at radius 1 is 1.10 bits per heavy atom. The number of alkyl halides is 1. The van der Waals surface area contributed by atoms with E-state index in [9.17, 15) is 24.6 Å². The van der Waals surface area contributed by atoms with Gasteiger partial charge in [-0.2, -0.15) is 5.06 Å². The lowest BCUT2D eigenvalue weighted by Crippen LogP contribution is -2.61. The van der Waals surface area contributed by atoms with Gasteiger partial charge in [0.1, 0.15) is 24.9 Å². The molecule has 3 heterocycles. The van der Waals surface area contributed by atoms with Crippen molar-refractivity contribution in [2.75, 3.05) is 34.4 Å². The molecule has 3 aliphatic heterocycles. The van der Waals surface area contributed by atoms with Gasteiger partial charge in [0.2, 0.25) is 0 Å². The van der Waals surface area contributed by atoms with Gasteiger partial charge in [-0.25, -0.2) is 14.0 Å². The van der Waals surface area contributed by atoms with Crippen LogP contribution in [0.25, 0.3) is 0 Å². The minimum Gasteiger partial charge on any atom is -0.456 e. The van der Waals surface area contributed by atoms with Crippen molar-refractivity contribution >= 4 is 23.6 Å². The third-order valence-corrected chi connectivity index (χ3v) is 10.6. The lowest BCUT2D eigenvalue weighted by molar-refractivity contribution is -0.298. The van der Waals surface area contributed by atoms with Crippen molar-refractivity contribution in [2.45, 2.75) is 148 Å². The van der Waals surface area contributed by atoms with Crippen LogP contribution in [0.5, 0.6) is 0 Å². The zero-order valence-electron chi connectivity index (χ0n) is 32.4. The smallest absolute Gasteiger partial charge is 0.435 e. The molecule has 0 aliphatic carbocycles. The number of rotatable bonds is 9.